The van der Waals surface area contributed by atoms with Crippen LogP contribution in [0.2, 0.25) is 0 Å². The Labute approximate surface area is 154 Å². The number of benzene rings is 1. The molecule has 3 N–H and O–H groups in total. The van der Waals surface area contributed by atoms with Crippen molar-refractivity contribution in [2.75, 3.05) is 5.32 Å². The van der Waals surface area contributed by atoms with Crippen LogP contribution in [-0.2, 0) is 17.8 Å². The minimum absolute atomic E-state index is 0. The third-order valence-corrected chi connectivity index (χ3v) is 4.70. The number of hydrogen-bond donors (Lipinski definition) is 2. The Morgan fingerprint density at radius 2 is 2.04 bits per heavy atom. The fourth-order valence-electron chi connectivity index (χ4n) is 2.93. The van der Waals surface area contributed by atoms with E-state index in [1.807, 2.05) is 38.1 Å². The number of nitrogens with zero attached hydrogens (tertiary/aromatic N) is 3. The van der Waals surface area contributed by atoms with Gasteiger partial charge in [0.15, 0.2) is 5.82 Å². The van der Waals surface area contributed by atoms with E-state index in [2.05, 4.69) is 20.1 Å². The number of amides is 1. The van der Waals surface area contributed by atoms with Crippen LogP contribution in [0, 0.1) is 5.92 Å². The number of rotatable bonds is 4. The van der Waals surface area contributed by atoms with Gasteiger partial charge in [0, 0.05) is 30.3 Å². The third kappa shape index (κ3) is 4.38. The average molecular weight is 364 g/mol. The van der Waals surface area contributed by atoms with Gasteiger partial charge in [0.2, 0.25) is 5.91 Å². The van der Waals surface area contributed by atoms with Gasteiger partial charge in [-0.25, -0.2) is 0 Å². The lowest BCUT2D eigenvalue weighted by atomic mass is 10.0. The largest absolute Gasteiger partial charge is 0.327 e. The molecule has 2 atom stereocenters. The molecule has 136 valence electrons. The monoisotopic (exact) mass is 363 g/mol. The van der Waals surface area contributed by atoms with E-state index in [1.54, 1.807) is 0 Å². The smallest absolute Gasteiger partial charge is 0.228 e. The third-order valence-electron chi connectivity index (χ3n) is 4.70. The molecule has 0 saturated heterocycles. The van der Waals surface area contributed by atoms with Gasteiger partial charge in [-0.1, -0.05) is 25.5 Å². The first-order valence-corrected chi connectivity index (χ1v) is 8.65. The summed E-state index contributed by atoms with van der Waals surface area (Å²) in [5.74, 6) is 1.63. The number of nitrogens with one attached hydrogen (secondary N) is 1. The quantitative estimate of drug-likeness (QED) is 0.874. The highest BCUT2D eigenvalue weighted by molar-refractivity contribution is 5.93. The number of carbonyl (C=O) groups is 1. The van der Waals surface area contributed by atoms with Gasteiger partial charge in [0.05, 0.1) is 5.92 Å². The molecule has 0 radical (unpaired) electrons. The summed E-state index contributed by atoms with van der Waals surface area (Å²) >= 11 is 0. The van der Waals surface area contributed by atoms with Crippen LogP contribution < -0.4 is 11.1 Å². The van der Waals surface area contributed by atoms with E-state index in [4.69, 9.17) is 5.73 Å². The van der Waals surface area contributed by atoms with Crippen molar-refractivity contribution in [1.29, 1.82) is 0 Å². The molecule has 1 amide bonds. The molecule has 3 rings (SSSR count). The molecule has 0 bridgehead atoms. The zero-order chi connectivity index (χ0) is 17.1. The van der Waals surface area contributed by atoms with Crippen LogP contribution in [0.5, 0.6) is 0 Å². The van der Waals surface area contributed by atoms with E-state index in [1.165, 1.54) is 12.8 Å². The molecule has 2 heterocycles. The summed E-state index contributed by atoms with van der Waals surface area (Å²) in [6, 6.07) is 7.59. The van der Waals surface area contributed by atoms with Gasteiger partial charge in [-0.3, -0.25) is 4.79 Å². The van der Waals surface area contributed by atoms with Gasteiger partial charge in [-0.2, -0.15) is 0 Å². The zero-order valence-electron chi connectivity index (χ0n) is 14.7. The molecule has 0 aliphatic carbocycles. The van der Waals surface area contributed by atoms with E-state index >= 15 is 0 Å². The maximum Gasteiger partial charge on any atom is 0.228 e. The molecule has 1 aromatic heterocycles. The summed E-state index contributed by atoms with van der Waals surface area (Å²) in [5, 5.41) is 11.7. The molecule has 1 aromatic carbocycles. The second-order valence-corrected chi connectivity index (χ2v) is 6.62. The van der Waals surface area contributed by atoms with Crippen molar-refractivity contribution in [2.45, 2.75) is 52.1 Å². The summed E-state index contributed by atoms with van der Waals surface area (Å²) < 4.78 is 2.21. The molecule has 2 unspecified atom stereocenters. The highest BCUT2D eigenvalue weighted by Crippen LogP contribution is 2.25. The van der Waals surface area contributed by atoms with Crippen molar-refractivity contribution in [1.82, 2.24) is 14.8 Å². The lowest BCUT2D eigenvalue weighted by Gasteiger charge is -2.15. The van der Waals surface area contributed by atoms with Crippen LogP contribution in [0.25, 0.3) is 11.4 Å². The Bertz CT molecular complexity index is 728. The van der Waals surface area contributed by atoms with Crippen molar-refractivity contribution in [2.24, 2.45) is 11.7 Å². The molecule has 1 aliphatic heterocycles. The Morgan fingerprint density at radius 3 is 2.80 bits per heavy atom. The number of nitrogens with two attached hydrogens (primary N) is 1. The van der Waals surface area contributed by atoms with E-state index in [9.17, 15) is 4.79 Å². The summed E-state index contributed by atoms with van der Waals surface area (Å²) in [7, 11) is 0. The Kier molecular flexibility index (Phi) is 6.56. The molecule has 25 heavy (non-hydrogen) atoms. The highest BCUT2D eigenvalue weighted by Gasteiger charge is 2.19. The molecule has 2 aromatic rings. The molecule has 0 fully saturated rings. The highest BCUT2D eigenvalue weighted by atomic mass is 35.5. The maximum atomic E-state index is 12.2. The summed E-state index contributed by atoms with van der Waals surface area (Å²) in [4.78, 5) is 12.2. The molecule has 0 saturated carbocycles. The minimum atomic E-state index is -0.238. The first kappa shape index (κ1) is 19.4. The first-order valence-electron chi connectivity index (χ1n) is 8.65. The van der Waals surface area contributed by atoms with Crippen LogP contribution >= 0.6 is 12.4 Å². The van der Waals surface area contributed by atoms with Crippen molar-refractivity contribution in [3.05, 3.63) is 30.1 Å². The van der Waals surface area contributed by atoms with Crippen LogP contribution in [0.1, 0.15) is 38.9 Å². The first-order chi connectivity index (χ1) is 11.6. The fourth-order valence-corrected chi connectivity index (χ4v) is 2.93. The number of aromatic nitrogens is 3. The zero-order valence-corrected chi connectivity index (χ0v) is 15.6. The van der Waals surface area contributed by atoms with Gasteiger partial charge in [0.1, 0.15) is 5.82 Å². The second-order valence-electron chi connectivity index (χ2n) is 6.62. The fraction of sp³-hybridized carbons (Fsp3) is 0.500. The minimum Gasteiger partial charge on any atom is -0.327 e. The lowest BCUT2D eigenvalue weighted by Crippen LogP contribution is -2.34. The van der Waals surface area contributed by atoms with Gasteiger partial charge in [0.25, 0.3) is 0 Å². The molecule has 6 nitrogen and oxygen atoms in total. The summed E-state index contributed by atoms with van der Waals surface area (Å²) in [6.07, 6.45) is 4.53. The number of halogens is 1. The Morgan fingerprint density at radius 1 is 1.24 bits per heavy atom. The lowest BCUT2D eigenvalue weighted by molar-refractivity contribution is -0.119. The van der Waals surface area contributed by atoms with Crippen LogP contribution in [0.3, 0.4) is 0 Å². The summed E-state index contributed by atoms with van der Waals surface area (Å²) in [6.45, 7) is 4.63. The van der Waals surface area contributed by atoms with Crippen LogP contribution in [0.4, 0.5) is 5.69 Å². The second kappa shape index (κ2) is 8.45. The van der Waals surface area contributed by atoms with E-state index < -0.39 is 0 Å². The predicted molar refractivity (Wildman–Crippen MR) is 102 cm³/mol. The molecular weight excluding hydrogens is 338 g/mol. The molecular formula is C18H26ClN5O. The van der Waals surface area contributed by atoms with Gasteiger partial charge >= 0.3 is 0 Å². The van der Waals surface area contributed by atoms with Crippen molar-refractivity contribution in [3.8, 4) is 11.4 Å². The average Bonchev–Trinajstić information content (AvgIpc) is 2.83. The predicted octanol–water partition coefficient (Wildman–Crippen LogP) is 3.02. The summed E-state index contributed by atoms with van der Waals surface area (Å²) in [5.41, 5.74) is 7.54. The SMILES string of the molecule is CC(N)C(C)C(=O)Nc1cccc(-c2nnc3n2CCCCC3)c1.Cl. The molecule has 0 spiro atoms. The topological polar surface area (TPSA) is 85.8 Å². The van der Waals surface area contributed by atoms with Crippen molar-refractivity contribution in [3.63, 3.8) is 0 Å². The van der Waals surface area contributed by atoms with Gasteiger partial charge < -0.3 is 15.6 Å². The molecule has 7 heteroatoms. The van der Waals surface area contributed by atoms with Crippen LogP contribution in [0.15, 0.2) is 24.3 Å². The van der Waals surface area contributed by atoms with Crippen molar-refractivity contribution < 1.29 is 4.79 Å². The van der Waals surface area contributed by atoms with Crippen LogP contribution in [-0.4, -0.2) is 26.7 Å². The number of fused-ring (bicyclic) bond motifs is 1. The van der Waals surface area contributed by atoms with Gasteiger partial charge in [-0.05, 0) is 31.9 Å². The normalized spacial score (nSPS) is 16.1. The van der Waals surface area contributed by atoms with Gasteiger partial charge in [-0.15, -0.1) is 22.6 Å². The Hall–Kier alpha value is -1.92. The number of carbonyl (C=O) groups excluding carboxylic acids is 1. The Balaban J connectivity index is 0.00000225. The van der Waals surface area contributed by atoms with E-state index in [0.717, 1.165) is 42.3 Å². The van der Waals surface area contributed by atoms with Crippen molar-refractivity contribution >= 4 is 24.0 Å². The number of anilines is 1. The van der Waals surface area contributed by atoms with E-state index in [0.29, 0.717) is 0 Å². The van der Waals surface area contributed by atoms with E-state index in [-0.39, 0.29) is 30.3 Å². The number of hydrogen-bond acceptors (Lipinski definition) is 4. The number of aryl methyl sites for hydroxylation is 1. The maximum absolute atomic E-state index is 12.2. The standard InChI is InChI=1S/C18H25N5O.ClH/c1-12(13(2)19)18(24)20-15-8-6-7-14(11-15)17-22-21-16-9-4-3-5-10-23(16)17;/h6-8,11-13H,3-5,9-10,19H2,1-2H3,(H,20,24);1H. The molecule has 1 aliphatic rings.